The minimum absolute atomic E-state index is 0.229. The van der Waals surface area contributed by atoms with Crippen LogP contribution in [0.5, 0.6) is 5.75 Å². The lowest BCUT2D eigenvalue weighted by molar-refractivity contribution is 0.0974. The molecule has 0 radical (unpaired) electrons. The smallest absolute Gasteiger partial charge is 0.232 e. The average Bonchev–Trinajstić information content (AvgIpc) is 3.44. The highest BCUT2D eigenvalue weighted by Crippen LogP contribution is 2.44. The van der Waals surface area contributed by atoms with E-state index >= 15 is 0 Å². The molecule has 26 heavy (non-hydrogen) atoms. The molecule has 2 fully saturated rings. The minimum atomic E-state index is 0.229. The lowest BCUT2D eigenvalue weighted by Crippen LogP contribution is -2.14. The summed E-state index contributed by atoms with van der Waals surface area (Å²) in [6.45, 7) is 0.503. The van der Waals surface area contributed by atoms with E-state index in [1.54, 1.807) is 0 Å². The van der Waals surface area contributed by atoms with E-state index in [-0.39, 0.29) is 12.0 Å². The fourth-order valence-electron chi connectivity index (χ4n) is 3.91. The number of aromatic nitrogens is 2. The van der Waals surface area contributed by atoms with Gasteiger partial charge in [0.05, 0.1) is 23.7 Å². The molecule has 0 saturated carbocycles. The molecule has 0 N–H and O–H groups in total. The highest BCUT2D eigenvalue weighted by atomic mass is 16.5. The summed E-state index contributed by atoms with van der Waals surface area (Å²) in [6.07, 6.45) is 3.82. The Morgan fingerprint density at radius 2 is 1.85 bits per heavy atom. The fraction of sp³-hybridized carbons (Fsp3) is 0.333. The zero-order valence-corrected chi connectivity index (χ0v) is 14.4. The predicted molar refractivity (Wildman–Crippen MR) is 95.8 cm³/mol. The summed E-state index contributed by atoms with van der Waals surface area (Å²) in [5, 5.41) is 4.21. The van der Waals surface area contributed by atoms with Crippen molar-refractivity contribution >= 4 is 0 Å². The van der Waals surface area contributed by atoms with Crippen LogP contribution in [0.1, 0.15) is 36.6 Å². The molecule has 132 valence electrons. The SMILES string of the molecule is c1ccc(COc2ccccc2-c2noc([C@@H]3C[C@H]4CC[C@H]3O4)n2)cc1. The lowest BCUT2D eigenvalue weighted by Gasteiger charge is -2.13. The molecule has 3 atom stereocenters. The van der Waals surface area contributed by atoms with Crippen LogP contribution in [0, 0.1) is 0 Å². The molecule has 2 aliphatic rings. The Morgan fingerprint density at radius 3 is 2.65 bits per heavy atom. The van der Waals surface area contributed by atoms with E-state index in [0.29, 0.717) is 24.4 Å². The van der Waals surface area contributed by atoms with Crippen molar-refractivity contribution in [2.75, 3.05) is 0 Å². The maximum atomic E-state index is 6.02. The molecule has 2 aromatic carbocycles. The van der Waals surface area contributed by atoms with Gasteiger partial charge in [0.15, 0.2) is 0 Å². The summed E-state index contributed by atoms with van der Waals surface area (Å²) < 4.78 is 17.5. The lowest BCUT2D eigenvalue weighted by atomic mass is 9.89. The van der Waals surface area contributed by atoms with Crippen LogP contribution in [0.2, 0.25) is 0 Å². The maximum absolute atomic E-state index is 6.02. The van der Waals surface area contributed by atoms with Gasteiger partial charge in [-0.1, -0.05) is 47.6 Å². The van der Waals surface area contributed by atoms with E-state index in [1.807, 2.05) is 54.6 Å². The quantitative estimate of drug-likeness (QED) is 0.686. The first-order chi connectivity index (χ1) is 12.9. The van der Waals surface area contributed by atoms with Crippen molar-refractivity contribution in [3.8, 4) is 17.1 Å². The van der Waals surface area contributed by atoms with Gasteiger partial charge in [-0.2, -0.15) is 4.98 Å². The van der Waals surface area contributed by atoms with E-state index in [4.69, 9.17) is 14.0 Å². The van der Waals surface area contributed by atoms with Crippen molar-refractivity contribution in [1.29, 1.82) is 0 Å². The molecule has 2 saturated heterocycles. The Kier molecular flexibility index (Phi) is 3.94. The molecule has 2 aliphatic heterocycles. The van der Waals surface area contributed by atoms with Crippen molar-refractivity contribution in [2.45, 2.75) is 44.0 Å². The number of fused-ring (bicyclic) bond motifs is 2. The average molecular weight is 348 g/mol. The topological polar surface area (TPSA) is 57.4 Å². The van der Waals surface area contributed by atoms with Crippen LogP contribution in [0.15, 0.2) is 59.1 Å². The van der Waals surface area contributed by atoms with Crippen LogP contribution < -0.4 is 4.74 Å². The Hall–Kier alpha value is -2.66. The van der Waals surface area contributed by atoms with Gasteiger partial charge in [0, 0.05) is 0 Å². The van der Waals surface area contributed by atoms with E-state index < -0.39 is 0 Å². The van der Waals surface area contributed by atoms with E-state index in [9.17, 15) is 0 Å². The standard InChI is InChI=1S/C21H20N2O3/c1-2-6-14(7-3-1)13-24-18-9-5-4-8-16(18)20-22-21(26-23-20)17-12-15-10-11-19(17)25-15/h1-9,15,17,19H,10-13H2/t15-,17-,19-/m1/s1. The first-order valence-electron chi connectivity index (χ1n) is 9.12. The molecule has 3 heterocycles. The Labute approximate surface area is 152 Å². The molecule has 5 rings (SSSR count). The maximum Gasteiger partial charge on any atom is 0.232 e. The molecule has 0 aliphatic carbocycles. The van der Waals surface area contributed by atoms with Gasteiger partial charge < -0.3 is 14.0 Å². The predicted octanol–water partition coefficient (Wildman–Crippen LogP) is 4.35. The highest BCUT2D eigenvalue weighted by molar-refractivity contribution is 5.63. The number of ether oxygens (including phenoxy) is 2. The van der Waals surface area contributed by atoms with Gasteiger partial charge >= 0.3 is 0 Å². The second kappa shape index (κ2) is 6.57. The summed E-state index contributed by atoms with van der Waals surface area (Å²) in [6, 6.07) is 17.9. The second-order valence-corrected chi connectivity index (χ2v) is 6.94. The van der Waals surface area contributed by atoms with Crippen molar-refractivity contribution in [3.63, 3.8) is 0 Å². The van der Waals surface area contributed by atoms with Gasteiger partial charge in [0.2, 0.25) is 11.7 Å². The van der Waals surface area contributed by atoms with E-state index in [0.717, 1.165) is 36.1 Å². The van der Waals surface area contributed by atoms with Crippen molar-refractivity contribution in [3.05, 3.63) is 66.1 Å². The van der Waals surface area contributed by atoms with Crippen LogP contribution in [0.25, 0.3) is 11.4 Å². The van der Waals surface area contributed by atoms with Gasteiger partial charge in [-0.25, -0.2) is 0 Å². The second-order valence-electron chi connectivity index (χ2n) is 6.94. The number of hydrogen-bond donors (Lipinski definition) is 0. The molecule has 5 heteroatoms. The molecule has 3 aromatic rings. The number of nitrogens with zero attached hydrogens (tertiary/aromatic N) is 2. The molecular formula is C21H20N2O3. The highest BCUT2D eigenvalue weighted by Gasteiger charge is 2.44. The van der Waals surface area contributed by atoms with Crippen LogP contribution in [-0.4, -0.2) is 22.3 Å². The summed E-state index contributed by atoms with van der Waals surface area (Å²) >= 11 is 0. The van der Waals surface area contributed by atoms with Gasteiger partial charge in [0.1, 0.15) is 12.4 Å². The summed E-state index contributed by atoms with van der Waals surface area (Å²) in [5.41, 5.74) is 1.97. The summed E-state index contributed by atoms with van der Waals surface area (Å²) in [5.74, 6) is 2.25. The largest absolute Gasteiger partial charge is 0.488 e. The Bertz CT molecular complexity index is 893. The molecular weight excluding hydrogens is 328 g/mol. The van der Waals surface area contributed by atoms with Crippen molar-refractivity contribution < 1.29 is 14.0 Å². The van der Waals surface area contributed by atoms with Gasteiger partial charge in [-0.15, -0.1) is 0 Å². The van der Waals surface area contributed by atoms with Crippen LogP contribution in [0.3, 0.4) is 0 Å². The molecule has 5 nitrogen and oxygen atoms in total. The normalized spacial score (nSPS) is 24.1. The molecule has 0 spiro atoms. The Morgan fingerprint density at radius 1 is 1.00 bits per heavy atom. The monoisotopic (exact) mass is 348 g/mol. The summed E-state index contributed by atoms with van der Waals surface area (Å²) in [7, 11) is 0. The third kappa shape index (κ3) is 2.88. The first kappa shape index (κ1) is 15.6. The van der Waals surface area contributed by atoms with Crippen LogP contribution in [0.4, 0.5) is 0 Å². The zero-order valence-electron chi connectivity index (χ0n) is 14.4. The van der Waals surface area contributed by atoms with Crippen molar-refractivity contribution in [1.82, 2.24) is 10.1 Å². The zero-order chi connectivity index (χ0) is 17.3. The molecule has 2 bridgehead atoms. The number of benzene rings is 2. The van der Waals surface area contributed by atoms with E-state index in [1.165, 1.54) is 0 Å². The van der Waals surface area contributed by atoms with E-state index in [2.05, 4.69) is 10.1 Å². The molecule has 1 aromatic heterocycles. The molecule has 0 unspecified atom stereocenters. The number of rotatable bonds is 5. The number of para-hydroxylation sites is 1. The Balaban J connectivity index is 1.37. The first-order valence-corrected chi connectivity index (χ1v) is 9.12. The fourth-order valence-corrected chi connectivity index (χ4v) is 3.91. The molecule has 0 amide bonds. The van der Waals surface area contributed by atoms with Crippen LogP contribution >= 0.6 is 0 Å². The third-order valence-corrected chi connectivity index (χ3v) is 5.23. The van der Waals surface area contributed by atoms with Gasteiger partial charge in [-0.05, 0) is 37.0 Å². The van der Waals surface area contributed by atoms with Gasteiger partial charge in [-0.3, -0.25) is 0 Å². The van der Waals surface area contributed by atoms with Crippen LogP contribution in [-0.2, 0) is 11.3 Å². The van der Waals surface area contributed by atoms with Crippen molar-refractivity contribution in [2.24, 2.45) is 0 Å². The number of hydrogen-bond acceptors (Lipinski definition) is 5. The van der Waals surface area contributed by atoms with Gasteiger partial charge in [0.25, 0.3) is 0 Å². The minimum Gasteiger partial charge on any atom is -0.488 e. The summed E-state index contributed by atoms with van der Waals surface area (Å²) in [4.78, 5) is 4.66. The third-order valence-electron chi connectivity index (χ3n) is 5.23.